The molecule has 1 saturated heterocycles. The van der Waals surface area contributed by atoms with Crippen LogP contribution in [0.15, 0.2) is 6.33 Å². The first-order valence-corrected chi connectivity index (χ1v) is 4.94. The summed E-state index contributed by atoms with van der Waals surface area (Å²) < 4.78 is 0. The minimum Gasteiger partial charge on any atom is -0.316 e. The third-order valence-electron chi connectivity index (χ3n) is 3.07. The number of nitrogens with one attached hydrogen (secondary N) is 2. The number of H-pyrrole nitrogens is 1. The molecule has 1 atom stereocenters. The maximum atomic E-state index is 4.28. The summed E-state index contributed by atoms with van der Waals surface area (Å²) in [7, 11) is 0. The standard InChI is InChI=1S/C9H16N4/c1-2-9(4-3-5-10-6-9)8-11-7-12-13-8/h7,10H,2-6H2,1H3,(H,11,12,13). The lowest BCUT2D eigenvalue weighted by molar-refractivity contribution is 0.288. The molecule has 0 bridgehead atoms. The molecule has 1 aromatic rings. The summed E-state index contributed by atoms with van der Waals surface area (Å²) in [6.07, 6.45) is 5.16. The third kappa shape index (κ3) is 1.46. The van der Waals surface area contributed by atoms with Crippen LogP contribution in [0.4, 0.5) is 0 Å². The summed E-state index contributed by atoms with van der Waals surface area (Å²) in [5.74, 6) is 1.04. The SMILES string of the molecule is CCC1(c2ncn[nH]2)CCCNC1. The summed E-state index contributed by atoms with van der Waals surface area (Å²) in [5, 5.41) is 10.4. The normalized spacial score (nSPS) is 29.0. The number of hydrogen-bond acceptors (Lipinski definition) is 3. The van der Waals surface area contributed by atoms with Gasteiger partial charge in [-0.25, -0.2) is 4.98 Å². The van der Waals surface area contributed by atoms with Crippen LogP contribution in [0, 0.1) is 0 Å². The van der Waals surface area contributed by atoms with Gasteiger partial charge in [0.1, 0.15) is 12.2 Å². The molecule has 4 heteroatoms. The minimum atomic E-state index is 0.203. The van der Waals surface area contributed by atoms with Crippen LogP contribution < -0.4 is 5.32 Å². The number of nitrogens with zero attached hydrogens (tertiary/aromatic N) is 2. The maximum absolute atomic E-state index is 4.28. The van der Waals surface area contributed by atoms with E-state index in [-0.39, 0.29) is 5.41 Å². The van der Waals surface area contributed by atoms with Crippen molar-refractivity contribution in [3.8, 4) is 0 Å². The molecule has 0 spiro atoms. The average molecular weight is 180 g/mol. The van der Waals surface area contributed by atoms with Crippen LogP contribution in [0.1, 0.15) is 32.0 Å². The lowest BCUT2D eigenvalue weighted by atomic mass is 9.78. The smallest absolute Gasteiger partial charge is 0.137 e. The Balaban J connectivity index is 2.23. The fourth-order valence-electron chi connectivity index (χ4n) is 2.10. The zero-order valence-corrected chi connectivity index (χ0v) is 8.01. The summed E-state index contributed by atoms with van der Waals surface area (Å²) in [6, 6.07) is 0. The summed E-state index contributed by atoms with van der Waals surface area (Å²) in [4.78, 5) is 4.28. The van der Waals surface area contributed by atoms with E-state index in [2.05, 4.69) is 27.4 Å². The Labute approximate surface area is 78.1 Å². The van der Waals surface area contributed by atoms with Crippen molar-refractivity contribution >= 4 is 0 Å². The zero-order valence-electron chi connectivity index (χ0n) is 8.01. The average Bonchev–Trinajstić information content (AvgIpc) is 2.72. The number of hydrogen-bond donors (Lipinski definition) is 2. The molecule has 2 N–H and O–H groups in total. The Kier molecular flexibility index (Phi) is 2.31. The molecule has 0 radical (unpaired) electrons. The first-order chi connectivity index (χ1) is 6.37. The largest absolute Gasteiger partial charge is 0.316 e. The Morgan fingerprint density at radius 2 is 2.54 bits per heavy atom. The van der Waals surface area contributed by atoms with Crippen molar-refractivity contribution in [1.82, 2.24) is 20.5 Å². The van der Waals surface area contributed by atoms with Gasteiger partial charge in [0, 0.05) is 12.0 Å². The van der Waals surface area contributed by atoms with Crippen molar-refractivity contribution in [2.24, 2.45) is 0 Å². The second kappa shape index (κ2) is 3.46. The predicted molar refractivity (Wildman–Crippen MR) is 50.5 cm³/mol. The zero-order chi connectivity index (χ0) is 9.15. The van der Waals surface area contributed by atoms with Gasteiger partial charge in [-0.3, -0.25) is 5.10 Å². The van der Waals surface area contributed by atoms with E-state index in [1.54, 1.807) is 6.33 Å². The molecule has 1 aliphatic rings. The number of rotatable bonds is 2. The Bertz CT molecular complexity index is 249. The van der Waals surface area contributed by atoms with Gasteiger partial charge >= 0.3 is 0 Å². The van der Waals surface area contributed by atoms with Crippen molar-refractivity contribution in [2.45, 2.75) is 31.6 Å². The van der Waals surface area contributed by atoms with Gasteiger partial charge in [-0.1, -0.05) is 6.92 Å². The molecule has 1 unspecified atom stereocenters. The number of piperidine rings is 1. The molecule has 1 aromatic heterocycles. The highest BCUT2D eigenvalue weighted by Gasteiger charge is 2.34. The van der Waals surface area contributed by atoms with E-state index in [0.29, 0.717) is 0 Å². The Morgan fingerprint density at radius 1 is 1.62 bits per heavy atom. The molecule has 2 heterocycles. The second-order valence-electron chi connectivity index (χ2n) is 3.75. The van der Waals surface area contributed by atoms with Gasteiger partial charge in [0.15, 0.2) is 0 Å². The molecular formula is C9H16N4. The van der Waals surface area contributed by atoms with Crippen molar-refractivity contribution in [3.05, 3.63) is 12.2 Å². The van der Waals surface area contributed by atoms with E-state index in [9.17, 15) is 0 Å². The topological polar surface area (TPSA) is 53.6 Å². The van der Waals surface area contributed by atoms with Crippen LogP contribution in [0.3, 0.4) is 0 Å². The van der Waals surface area contributed by atoms with Gasteiger partial charge in [0.25, 0.3) is 0 Å². The summed E-state index contributed by atoms with van der Waals surface area (Å²) >= 11 is 0. The number of aromatic nitrogens is 3. The lowest BCUT2D eigenvalue weighted by Crippen LogP contribution is -2.43. The molecule has 13 heavy (non-hydrogen) atoms. The van der Waals surface area contributed by atoms with E-state index in [4.69, 9.17) is 0 Å². The first-order valence-electron chi connectivity index (χ1n) is 4.94. The molecule has 0 amide bonds. The van der Waals surface area contributed by atoms with E-state index < -0.39 is 0 Å². The van der Waals surface area contributed by atoms with Gasteiger partial charge in [-0.05, 0) is 25.8 Å². The monoisotopic (exact) mass is 180 g/mol. The highest BCUT2D eigenvalue weighted by molar-refractivity contribution is 5.08. The summed E-state index contributed by atoms with van der Waals surface area (Å²) in [6.45, 7) is 4.38. The minimum absolute atomic E-state index is 0.203. The molecule has 0 aromatic carbocycles. The van der Waals surface area contributed by atoms with Gasteiger partial charge in [-0.15, -0.1) is 0 Å². The van der Waals surface area contributed by atoms with Crippen LogP contribution >= 0.6 is 0 Å². The highest BCUT2D eigenvalue weighted by Crippen LogP contribution is 2.31. The molecular weight excluding hydrogens is 164 g/mol. The second-order valence-corrected chi connectivity index (χ2v) is 3.75. The molecule has 1 aliphatic heterocycles. The van der Waals surface area contributed by atoms with Crippen LogP contribution in [-0.2, 0) is 5.41 Å². The van der Waals surface area contributed by atoms with Crippen molar-refractivity contribution in [3.63, 3.8) is 0 Å². The van der Waals surface area contributed by atoms with Crippen molar-refractivity contribution < 1.29 is 0 Å². The van der Waals surface area contributed by atoms with Gasteiger partial charge < -0.3 is 5.32 Å². The molecule has 2 rings (SSSR count). The molecule has 72 valence electrons. The van der Waals surface area contributed by atoms with E-state index in [1.807, 2.05) is 0 Å². The van der Waals surface area contributed by atoms with Crippen molar-refractivity contribution in [2.75, 3.05) is 13.1 Å². The van der Waals surface area contributed by atoms with Crippen molar-refractivity contribution in [1.29, 1.82) is 0 Å². The number of aromatic amines is 1. The van der Waals surface area contributed by atoms with Crippen LogP contribution in [-0.4, -0.2) is 28.3 Å². The molecule has 1 fully saturated rings. The lowest BCUT2D eigenvalue weighted by Gasteiger charge is -2.34. The van der Waals surface area contributed by atoms with Gasteiger partial charge in [-0.2, -0.15) is 5.10 Å². The van der Waals surface area contributed by atoms with E-state index >= 15 is 0 Å². The van der Waals surface area contributed by atoms with Gasteiger partial charge in [0.05, 0.1) is 0 Å². The molecule has 4 nitrogen and oxygen atoms in total. The third-order valence-corrected chi connectivity index (χ3v) is 3.07. The quantitative estimate of drug-likeness (QED) is 0.709. The fraction of sp³-hybridized carbons (Fsp3) is 0.778. The Hall–Kier alpha value is -0.900. The summed E-state index contributed by atoms with van der Waals surface area (Å²) in [5.41, 5.74) is 0.203. The predicted octanol–water partition coefficient (Wildman–Crippen LogP) is 0.836. The first kappa shape index (κ1) is 8.69. The fourth-order valence-corrected chi connectivity index (χ4v) is 2.10. The highest BCUT2D eigenvalue weighted by atomic mass is 15.2. The van der Waals surface area contributed by atoms with E-state index in [0.717, 1.165) is 25.3 Å². The maximum Gasteiger partial charge on any atom is 0.137 e. The molecule has 0 saturated carbocycles. The van der Waals surface area contributed by atoms with Gasteiger partial charge in [0.2, 0.25) is 0 Å². The van der Waals surface area contributed by atoms with Crippen LogP contribution in [0.25, 0.3) is 0 Å². The van der Waals surface area contributed by atoms with Crippen LogP contribution in [0.5, 0.6) is 0 Å². The molecule has 0 aliphatic carbocycles. The van der Waals surface area contributed by atoms with Crippen LogP contribution in [0.2, 0.25) is 0 Å². The van der Waals surface area contributed by atoms with E-state index in [1.165, 1.54) is 12.8 Å². The Morgan fingerprint density at radius 3 is 3.08 bits per heavy atom.